The van der Waals surface area contributed by atoms with Crippen LogP contribution in [0.25, 0.3) is 10.9 Å². The van der Waals surface area contributed by atoms with E-state index in [-0.39, 0.29) is 5.56 Å². The molecule has 1 fully saturated rings. The molecule has 0 atom stereocenters. The number of rotatable bonds is 3. The summed E-state index contributed by atoms with van der Waals surface area (Å²) in [6.07, 6.45) is 6.88. The molecule has 1 aliphatic carbocycles. The zero-order valence-corrected chi connectivity index (χ0v) is 15.3. The topological polar surface area (TPSA) is 63.9 Å². The second kappa shape index (κ2) is 6.76. The Labute approximate surface area is 157 Å². The van der Waals surface area contributed by atoms with Gasteiger partial charge in [-0.2, -0.15) is 5.10 Å². The molecule has 0 radical (unpaired) electrons. The fourth-order valence-corrected chi connectivity index (χ4v) is 4.38. The van der Waals surface area contributed by atoms with Crippen molar-refractivity contribution in [1.82, 2.24) is 19.7 Å². The number of fused-ring (bicyclic) bond motifs is 2. The monoisotopic (exact) mass is 361 g/mol. The number of anilines is 1. The first-order valence-corrected chi connectivity index (χ1v) is 9.82. The van der Waals surface area contributed by atoms with Crippen molar-refractivity contribution in [2.45, 2.75) is 38.6 Å². The molecule has 1 saturated heterocycles. The van der Waals surface area contributed by atoms with Crippen LogP contribution in [0.15, 0.2) is 41.5 Å². The molecule has 2 aliphatic rings. The lowest BCUT2D eigenvalue weighted by Crippen LogP contribution is -2.37. The van der Waals surface area contributed by atoms with E-state index in [2.05, 4.69) is 26.0 Å². The summed E-state index contributed by atoms with van der Waals surface area (Å²) in [6, 6.07) is 9.96. The van der Waals surface area contributed by atoms with E-state index >= 15 is 0 Å². The van der Waals surface area contributed by atoms with Crippen molar-refractivity contribution in [2.24, 2.45) is 5.92 Å². The van der Waals surface area contributed by atoms with E-state index in [4.69, 9.17) is 0 Å². The molecule has 0 unspecified atom stereocenters. The molecule has 1 aliphatic heterocycles. The van der Waals surface area contributed by atoms with Crippen molar-refractivity contribution in [3.8, 4) is 0 Å². The molecule has 0 bridgehead atoms. The highest BCUT2D eigenvalue weighted by Crippen LogP contribution is 2.27. The Morgan fingerprint density at radius 2 is 1.93 bits per heavy atom. The number of aromatic nitrogens is 4. The quantitative estimate of drug-likeness (QED) is 0.717. The predicted octanol–water partition coefficient (Wildman–Crippen LogP) is 2.59. The molecule has 0 spiro atoms. The van der Waals surface area contributed by atoms with Crippen LogP contribution >= 0.6 is 0 Å². The summed E-state index contributed by atoms with van der Waals surface area (Å²) in [5.74, 6) is 1.51. The fraction of sp³-hybridized carbons (Fsp3) is 0.429. The van der Waals surface area contributed by atoms with E-state index in [1.165, 1.54) is 0 Å². The maximum absolute atomic E-state index is 12.4. The average Bonchev–Trinajstić information content (AvgIpc) is 3.15. The number of hydrogen-bond acceptors (Lipinski definition) is 5. The third kappa shape index (κ3) is 3.09. The Morgan fingerprint density at radius 1 is 1.07 bits per heavy atom. The molecule has 6 nitrogen and oxygen atoms in total. The van der Waals surface area contributed by atoms with Crippen LogP contribution in [-0.4, -0.2) is 32.8 Å². The predicted molar refractivity (Wildman–Crippen MR) is 105 cm³/mol. The van der Waals surface area contributed by atoms with Crippen molar-refractivity contribution in [2.75, 3.05) is 18.0 Å². The normalized spacial score (nSPS) is 17.4. The van der Waals surface area contributed by atoms with Crippen LogP contribution in [-0.2, 0) is 19.4 Å². The first-order chi connectivity index (χ1) is 13.3. The van der Waals surface area contributed by atoms with Gasteiger partial charge in [0.15, 0.2) is 0 Å². The Balaban J connectivity index is 1.30. The maximum atomic E-state index is 12.4. The Morgan fingerprint density at radius 3 is 2.81 bits per heavy atom. The number of nitrogens with zero attached hydrogens (tertiary/aromatic N) is 5. The standard InChI is InChI=1S/C21H23N5O/c27-20-12-16-4-3-7-18(16)24-26(20)13-15-8-10-25(11-9-15)21-17-5-1-2-6-19(17)22-14-23-21/h1-2,5-6,12,14-15H,3-4,7-11,13H2. The van der Waals surface area contributed by atoms with E-state index < -0.39 is 0 Å². The molecule has 1 aromatic carbocycles. The third-order valence-electron chi connectivity index (χ3n) is 5.89. The fourth-order valence-electron chi connectivity index (χ4n) is 4.38. The van der Waals surface area contributed by atoms with Crippen LogP contribution in [0, 0.1) is 5.92 Å². The molecular formula is C21H23N5O. The second-order valence-electron chi connectivity index (χ2n) is 7.64. The minimum Gasteiger partial charge on any atom is -0.356 e. The van der Waals surface area contributed by atoms with Crippen LogP contribution in [0.3, 0.4) is 0 Å². The minimum atomic E-state index is 0.0554. The largest absolute Gasteiger partial charge is 0.356 e. The van der Waals surface area contributed by atoms with Crippen molar-refractivity contribution in [1.29, 1.82) is 0 Å². The molecule has 138 valence electrons. The lowest BCUT2D eigenvalue weighted by atomic mass is 9.96. The number of hydrogen-bond donors (Lipinski definition) is 0. The van der Waals surface area contributed by atoms with Gasteiger partial charge in [-0.3, -0.25) is 4.79 Å². The van der Waals surface area contributed by atoms with Gasteiger partial charge in [0.25, 0.3) is 5.56 Å². The van der Waals surface area contributed by atoms with Gasteiger partial charge in [-0.15, -0.1) is 0 Å². The molecule has 27 heavy (non-hydrogen) atoms. The summed E-state index contributed by atoms with van der Waals surface area (Å²) in [6.45, 7) is 2.63. The summed E-state index contributed by atoms with van der Waals surface area (Å²) in [4.78, 5) is 23.6. The molecule has 0 N–H and O–H groups in total. The molecule has 3 aromatic rings. The molecule has 5 rings (SSSR count). The van der Waals surface area contributed by atoms with Crippen molar-refractivity contribution < 1.29 is 0 Å². The van der Waals surface area contributed by atoms with Gasteiger partial charge in [-0.25, -0.2) is 14.6 Å². The molecule has 2 aromatic heterocycles. The second-order valence-corrected chi connectivity index (χ2v) is 7.64. The molecule has 3 heterocycles. The van der Waals surface area contributed by atoms with Gasteiger partial charge in [-0.05, 0) is 55.7 Å². The zero-order chi connectivity index (χ0) is 18.2. The molecule has 6 heteroatoms. The summed E-state index contributed by atoms with van der Waals surface area (Å²) in [5.41, 5.74) is 3.32. The highest BCUT2D eigenvalue weighted by Gasteiger charge is 2.23. The Bertz CT molecular complexity index is 1030. The summed E-state index contributed by atoms with van der Waals surface area (Å²) in [5, 5.41) is 5.74. The molecule has 0 amide bonds. The van der Waals surface area contributed by atoms with Gasteiger partial charge >= 0.3 is 0 Å². The summed E-state index contributed by atoms with van der Waals surface area (Å²) in [7, 11) is 0. The lowest BCUT2D eigenvalue weighted by Gasteiger charge is -2.33. The lowest BCUT2D eigenvalue weighted by molar-refractivity contribution is 0.333. The van der Waals surface area contributed by atoms with Gasteiger partial charge < -0.3 is 4.90 Å². The number of aryl methyl sites for hydroxylation is 2. The van der Waals surface area contributed by atoms with E-state index in [1.807, 2.05) is 18.2 Å². The Hall–Kier alpha value is -2.76. The van der Waals surface area contributed by atoms with Crippen LogP contribution in [0.1, 0.15) is 30.5 Å². The van der Waals surface area contributed by atoms with Crippen molar-refractivity contribution in [3.05, 3.63) is 58.3 Å². The molecular weight excluding hydrogens is 338 g/mol. The summed E-state index contributed by atoms with van der Waals surface area (Å²) >= 11 is 0. The Kier molecular flexibility index (Phi) is 4.11. The van der Waals surface area contributed by atoms with Crippen LogP contribution in [0.5, 0.6) is 0 Å². The van der Waals surface area contributed by atoms with Crippen molar-refractivity contribution >= 4 is 16.7 Å². The van der Waals surface area contributed by atoms with E-state index in [0.29, 0.717) is 5.92 Å². The van der Waals surface area contributed by atoms with Crippen molar-refractivity contribution in [3.63, 3.8) is 0 Å². The van der Waals surface area contributed by atoms with Crippen LogP contribution < -0.4 is 10.5 Å². The van der Waals surface area contributed by atoms with E-state index in [9.17, 15) is 4.79 Å². The smallest absolute Gasteiger partial charge is 0.267 e. The van der Waals surface area contributed by atoms with Gasteiger partial charge in [-0.1, -0.05) is 12.1 Å². The van der Waals surface area contributed by atoms with Gasteiger partial charge in [0.05, 0.1) is 11.2 Å². The highest BCUT2D eigenvalue weighted by atomic mass is 16.1. The van der Waals surface area contributed by atoms with Gasteiger partial charge in [0.1, 0.15) is 12.1 Å². The average molecular weight is 361 g/mol. The van der Waals surface area contributed by atoms with Crippen LogP contribution in [0.4, 0.5) is 5.82 Å². The van der Waals surface area contributed by atoms with E-state index in [1.54, 1.807) is 17.1 Å². The first kappa shape index (κ1) is 16.4. The summed E-state index contributed by atoms with van der Waals surface area (Å²) < 4.78 is 1.70. The third-order valence-corrected chi connectivity index (χ3v) is 5.89. The van der Waals surface area contributed by atoms with Gasteiger partial charge in [0.2, 0.25) is 0 Å². The van der Waals surface area contributed by atoms with Crippen LogP contribution in [0.2, 0.25) is 0 Å². The number of piperidine rings is 1. The van der Waals surface area contributed by atoms with Gasteiger partial charge in [0, 0.05) is 31.1 Å². The zero-order valence-electron chi connectivity index (χ0n) is 15.3. The first-order valence-electron chi connectivity index (χ1n) is 9.82. The minimum absolute atomic E-state index is 0.0554. The molecule has 0 saturated carbocycles. The van der Waals surface area contributed by atoms with E-state index in [0.717, 1.165) is 79.7 Å². The maximum Gasteiger partial charge on any atom is 0.267 e. The number of para-hydroxylation sites is 1. The SMILES string of the molecule is O=c1cc2c(nn1CC1CCN(c3ncnc4ccccc34)CC1)CCC2. The number of benzene rings is 1. The highest BCUT2D eigenvalue weighted by molar-refractivity contribution is 5.89.